The van der Waals surface area contributed by atoms with Crippen LogP contribution in [0.25, 0.3) is 0 Å². The monoisotopic (exact) mass is 362 g/mol. The zero-order chi connectivity index (χ0) is 18.9. The van der Waals surface area contributed by atoms with Gasteiger partial charge in [-0.2, -0.15) is 0 Å². The summed E-state index contributed by atoms with van der Waals surface area (Å²) < 4.78 is 4.95. The molecule has 0 atom stereocenters. The summed E-state index contributed by atoms with van der Waals surface area (Å²) in [7, 11) is 1.63. The predicted molar refractivity (Wildman–Crippen MR) is 95.9 cm³/mol. The molecule has 1 fully saturated rings. The molecule has 142 valence electrons. The van der Waals surface area contributed by atoms with E-state index in [-0.39, 0.29) is 29.7 Å². The standard InChI is InChI=1S/C19H26N2O5/c1-26-11-3-8-20-18(23)15-6-9-21(10-7-15)17(22)13-14-4-2-5-16(12-14)19(24)25/h2,4-5,12,15H,3,6-11,13H2,1H3,(H,20,23)(H,24,25). The minimum atomic E-state index is -1.00. The third-order valence-corrected chi connectivity index (χ3v) is 4.57. The van der Waals surface area contributed by atoms with E-state index in [9.17, 15) is 14.4 Å². The van der Waals surface area contributed by atoms with Crippen molar-refractivity contribution in [1.29, 1.82) is 0 Å². The highest BCUT2D eigenvalue weighted by Gasteiger charge is 2.27. The first-order chi connectivity index (χ1) is 12.5. The van der Waals surface area contributed by atoms with E-state index in [1.807, 2.05) is 0 Å². The molecule has 0 unspecified atom stereocenters. The van der Waals surface area contributed by atoms with Crippen LogP contribution in [0.2, 0.25) is 0 Å². The lowest BCUT2D eigenvalue weighted by atomic mass is 9.95. The van der Waals surface area contributed by atoms with Gasteiger partial charge in [-0.3, -0.25) is 9.59 Å². The molecule has 1 aliphatic heterocycles. The number of ether oxygens (including phenoxy) is 1. The third-order valence-electron chi connectivity index (χ3n) is 4.57. The second kappa shape index (κ2) is 9.91. The van der Waals surface area contributed by atoms with E-state index in [0.717, 1.165) is 6.42 Å². The minimum absolute atomic E-state index is 0.0357. The summed E-state index contributed by atoms with van der Waals surface area (Å²) in [5.41, 5.74) is 0.868. The molecule has 1 saturated heterocycles. The Morgan fingerprint density at radius 2 is 2.00 bits per heavy atom. The SMILES string of the molecule is COCCCNC(=O)C1CCN(C(=O)Cc2cccc(C(=O)O)c2)CC1. The zero-order valence-electron chi connectivity index (χ0n) is 15.1. The van der Waals surface area contributed by atoms with Crippen LogP contribution >= 0.6 is 0 Å². The van der Waals surface area contributed by atoms with Gasteiger partial charge in [-0.1, -0.05) is 12.1 Å². The summed E-state index contributed by atoms with van der Waals surface area (Å²) in [5, 5.41) is 11.9. The van der Waals surface area contributed by atoms with Gasteiger partial charge in [-0.25, -0.2) is 4.79 Å². The number of aromatic carboxylic acids is 1. The van der Waals surface area contributed by atoms with Gasteiger partial charge in [0.1, 0.15) is 0 Å². The van der Waals surface area contributed by atoms with Gasteiger partial charge >= 0.3 is 5.97 Å². The Hall–Kier alpha value is -2.41. The number of carboxylic acid groups (broad SMARTS) is 1. The van der Waals surface area contributed by atoms with Crippen LogP contribution in [0, 0.1) is 5.92 Å². The molecule has 1 aliphatic rings. The quantitative estimate of drug-likeness (QED) is 0.680. The summed E-state index contributed by atoms with van der Waals surface area (Å²) in [5.74, 6) is -1.05. The largest absolute Gasteiger partial charge is 0.478 e. The zero-order valence-corrected chi connectivity index (χ0v) is 15.1. The molecule has 1 heterocycles. The van der Waals surface area contributed by atoms with E-state index >= 15 is 0 Å². The van der Waals surface area contributed by atoms with Gasteiger partial charge in [0.05, 0.1) is 12.0 Å². The van der Waals surface area contributed by atoms with Gasteiger partial charge in [0.2, 0.25) is 11.8 Å². The van der Waals surface area contributed by atoms with Crippen molar-refractivity contribution in [2.75, 3.05) is 33.4 Å². The number of carbonyl (C=O) groups is 3. The number of piperidine rings is 1. The van der Waals surface area contributed by atoms with E-state index in [4.69, 9.17) is 9.84 Å². The number of rotatable bonds is 8. The molecule has 7 nitrogen and oxygen atoms in total. The van der Waals surface area contributed by atoms with Gasteiger partial charge in [0.25, 0.3) is 0 Å². The number of nitrogens with one attached hydrogen (secondary N) is 1. The lowest BCUT2D eigenvalue weighted by Gasteiger charge is -2.31. The van der Waals surface area contributed by atoms with Gasteiger partial charge in [0.15, 0.2) is 0 Å². The van der Waals surface area contributed by atoms with Gasteiger partial charge < -0.3 is 20.1 Å². The highest BCUT2D eigenvalue weighted by molar-refractivity contribution is 5.88. The van der Waals surface area contributed by atoms with Crippen LogP contribution in [0.15, 0.2) is 24.3 Å². The van der Waals surface area contributed by atoms with Crippen LogP contribution in [0.1, 0.15) is 35.2 Å². The van der Waals surface area contributed by atoms with E-state index in [1.54, 1.807) is 24.1 Å². The molecule has 0 radical (unpaired) electrons. The smallest absolute Gasteiger partial charge is 0.335 e. The van der Waals surface area contributed by atoms with Crippen LogP contribution in [-0.2, 0) is 20.7 Å². The first-order valence-electron chi connectivity index (χ1n) is 8.88. The molecule has 1 aromatic rings. The maximum atomic E-state index is 12.4. The number of amides is 2. The molecule has 26 heavy (non-hydrogen) atoms. The molecule has 1 aromatic carbocycles. The van der Waals surface area contributed by atoms with Crippen molar-refractivity contribution in [3.63, 3.8) is 0 Å². The molecule has 2 N–H and O–H groups in total. The second-order valence-corrected chi connectivity index (χ2v) is 6.47. The number of hydrogen-bond donors (Lipinski definition) is 2. The maximum absolute atomic E-state index is 12.4. The summed E-state index contributed by atoms with van der Waals surface area (Å²) in [6, 6.07) is 6.43. The predicted octanol–water partition coefficient (Wildman–Crippen LogP) is 1.32. The maximum Gasteiger partial charge on any atom is 0.335 e. The van der Waals surface area contributed by atoms with Crippen LogP contribution in [0.3, 0.4) is 0 Å². The average Bonchev–Trinajstić information content (AvgIpc) is 2.65. The van der Waals surface area contributed by atoms with Crippen LogP contribution in [0.4, 0.5) is 0 Å². The van der Waals surface area contributed by atoms with E-state index in [0.29, 0.717) is 44.6 Å². The normalized spacial score (nSPS) is 14.9. The Morgan fingerprint density at radius 1 is 1.27 bits per heavy atom. The summed E-state index contributed by atoms with van der Waals surface area (Å²) in [6.07, 6.45) is 2.26. The van der Waals surface area contributed by atoms with E-state index < -0.39 is 5.97 Å². The Kier molecular flexibility index (Phi) is 7.59. The number of carbonyl (C=O) groups excluding carboxylic acids is 2. The highest BCUT2D eigenvalue weighted by atomic mass is 16.5. The topological polar surface area (TPSA) is 95.9 Å². The molecule has 2 rings (SSSR count). The van der Waals surface area contributed by atoms with Crippen molar-refractivity contribution >= 4 is 17.8 Å². The van der Waals surface area contributed by atoms with Gasteiger partial charge in [0, 0.05) is 39.3 Å². The number of methoxy groups -OCH3 is 1. The second-order valence-electron chi connectivity index (χ2n) is 6.47. The highest BCUT2D eigenvalue weighted by Crippen LogP contribution is 2.18. The molecule has 0 saturated carbocycles. The molecular formula is C19H26N2O5. The van der Waals surface area contributed by atoms with Crippen molar-refractivity contribution in [2.24, 2.45) is 5.92 Å². The Bertz CT molecular complexity index is 639. The molecule has 0 aliphatic carbocycles. The first kappa shape index (κ1) is 19.9. The average molecular weight is 362 g/mol. The number of carboxylic acids is 1. The molecule has 0 bridgehead atoms. The van der Waals surface area contributed by atoms with E-state index in [2.05, 4.69) is 5.32 Å². The Morgan fingerprint density at radius 3 is 2.65 bits per heavy atom. The summed E-state index contributed by atoms with van der Waals surface area (Å²) >= 11 is 0. The molecule has 0 spiro atoms. The van der Waals surface area contributed by atoms with Crippen LogP contribution in [0.5, 0.6) is 0 Å². The summed E-state index contributed by atoms with van der Waals surface area (Å²) in [6.45, 7) is 2.32. The van der Waals surface area contributed by atoms with Crippen molar-refractivity contribution in [3.05, 3.63) is 35.4 Å². The molecular weight excluding hydrogens is 336 g/mol. The number of hydrogen-bond acceptors (Lipinski definition) is 4. The van der Waals surface area contributed by atoms with Crippen LogP contribution in [-0.4, -0.2) is 61.1 Å². The summed E-state index contributed by atoms with van der Waals surface area (Å²) in [4.78, 5) is 37.3. The van der Waals surface area contributed by atoms with Crippen LogP contribution < -0.4 is 5.32 Å². The Balaban J connectivity index is 1.78. The van der Waals surface area contributed by atoms with Gasteiger partial charge in [-0.05, 0) is 37.0 Å². The fourth-order valence-corrected chi connectivity index (χ4v) is 3.06. The fraction of sp³-hybridized carbons (Fsp3) is 0.526. The fourth-order valence-electron chi connectivity index (χ4n) is 3.06. The lowest BCUT2D eigenvalue weighted by Crippen LogP contribution is -2.43. The molecule has 7 heteroatoms. The molecule has 0 aromatic heterocycles. The minimum Gasteiger partial charge on any atom is -0.478 e. The first-order valence-corrected chi connectivity index (χ1v) is 8.88. The van der Waals surface area contributed by atoms with Crippen molar-refractivity contribution in [2.45, 2.75) is 25.7 Å². The lowest BCUT2D eigenvalue weighted by molar-refractivity contribution is -0.135. The van der Waals surface area contributed by atoms with Gasteiger partial charge in [-0.15, -0.1) is 0 Å². The number of benzene rings is 1. The van der Waals surface area contributed by atoms with E-state index in [1.165, 1.54) is 12.1 Å². The third kappa shape index (κ3) is 5.84. The van der Waals surface area contributed by atoms with Crippen molar-refractivity contribution < 1.29 is 24.2 Å². The number of nitrogens with zero attached hydrogens (tertiary/aromatic N) is 1. The van der Waals surface area contributed by atoms with Crippen molar-refractivity contribution in [1.82, 2.24) is 10.2 Å². The molecule has 2 amide bonds. The van der Waals surface area contributed by atoms with Crippen molar-refractivity contribution in [3.8, 4) is 0 Å². The number of likely N-dealkylation sites (tertiary alicyclic amines) is 1. The Labute approximate surface area is 153 Å².